The second-order valence-corrected chi connectivity index (χ2v) is 5.63. The van der Waals surface area contributed by atoms with E-state index in [0.29, 0.717) is 0 Å². The Morgan fingerprint density at radius 2 is 2.00 bits per heavy atom. The Morgan fingerprint density at radius 1 is 1.08 bits per heavy atom. The molecular weight excluding hydrogens is 217 g/mol. The fraction of sp³-hybridized carbons (Fsp3) is 0. The number of fused-ring (bicyclic) bond motifs is 2. The van der Waals surface area contributed by atoms with Crippen molar-refractivity contribution in [1.29, 1.82) is 0 Å². The second kappa shape index (κ2) is 2.81. The summed E-state index contributed by atoms with van der Waals surface area (Å²) in [7, 11) is 0. The third kappa shape index (κ3) is 1.09. The van der Waals surface area contributed by atoms with Crippen LogP contribution in [0.3, 0.4) is 0 Å². The van der Waals surface area contributed by atoms with Crippen LogP contribution in [0.5, 0.6) is 0 Å². The van der Waals surface area contributed by atoms with Gasteiger partial charge in [-0.3, -0.25) is 0 Å². The zero-order valence-electron chi connectivity index (χ0n) is 7.20. The van der Waals surface area contributed by atoms with Gasteiger partial charge in [0.15, 0.2) is 0 Å². The zero-order chi connectivity index (χ0) is 8.67. The summed E-state index contributed by atoms with van der Waals surface area (Å²) >= 11 is -0.192. The molecule has 0 saturated heterocycles. The maximum absolute atomic E-state index is 2.44. The van der Waals surface area contributed by atoms with Gasteiger partial charge >= 0.3 is 83.8 Å². The van der Waals surface area contributed by atoms with Gasteiger partial charge in [-0.15, -0.1) is 0 Å². The minimum atomic E-state index is -0.192. The summed E-state index contributed by atoms with van der Waals surface area (Å²) in [6.07, 6.45) is 4.61. The van der Waals surface area contributed by atoms with Crippen molar-refractivity contribution in [2.75, 3.05) is 0 Å². The first kappa shape index (κ1) is 7.51. The normalized spacial score (nSPS) is 17.5. The molecule has 0 amide bonds. The van der Waals surface area contributed by atoms with Gasteiger partial charge in [0.2, 0.25) is 0 Å². The molecule has 1 aromatic carbocycles. The molecule has 0 unspecified atom stereocenters. The third-order valence-corrected chi connectivity index (χ3v) is 4.55. The van der Waals surface area contributed by atoms with E-state index in [1.54, 1.807) is 0 Å². The fourth-order valence-corrected chi connectivity index (χ4v) is 3.79. The molecule has 0 fully saturated rings. The van der Waals surface area contributed by atoms with Crippen LogP contribution in [0.15, 0.2) is 40.8 Å². The summed E-state index contributed by atoms with van der Waals surface area (Å²) in [5, 5.41) is 0. The molecular formula is C12H9Ge. The molecule has 1 heteroatoms. The molecule has 1 radical (unpaired) electrons. The second-order valence-electron chi connectivity index (χ2n) is 3.32. The number of benzene rings is 1. The number of hydrogen-bond donors (Lipinski definition) is 0. The monoisotopic (exact) mass is 227 g/mol. The van der Waals surface area contributed by atoms with Crippen LogP contribution in [-0.4, -0.2) is 19.8 Å². The Balaban J connectivity index is 2.24. The van der Waals surface area contributed by atoms with Crippen molar-refractivity contribution in [1.82, 2.24) is 0 Å². The number of rotatable bonds is 0. The Labute approximate surface area is 84.0 Å². The van der Waals surface area contributed by atoms with E-state index in [2.05, 4.69) is 46.5 Å². The quantitative estimate of drug-likeness (QED) is 0.591. The Morgan fingerprint density at radius 3 is 3.00 bits per heavy atom. The topological polar surface area (TPSA) is 0 Å². The van der Waals surface area contributed by atoms with Gasteiger partial charge in [0.25, 0.3) is 0 Å². The summed E-state index contributed by atoms with van der Waals surface area (Å²) in [6.45, 7) is 0. The molecule has 0 bridgehead atoms. The molecule has 0 N–H and O–H groups in total. The predicted octanol–water partition coefficient (Wildman–Crippen LogP) is 1.77. The van der Waals surface area contributed by atoms with Gasteiger partial charge in [-0.2, -0.15) is 0 Å². The van der Waals surface area contributed by atoms with Crippen LogP contribution in [0.4, 0.5) is 0 Å². The van der Waals surface area contributed by atoms with Crippen LogP contribution in [0.1, 0.15) is 11.1 Å². The Hall–Kier alpha value is -0.887. The van der Waals surface area contributed by atoms with E-state index >= 15 is 0 Å². The van der Waals surface area contributed by atoms with E-state index in [1.807, 2.05) is 0 Å². The molecule has 1 aliphatic heterocycles. The van der Waals surface area contributed by atoms with E-state index in [0.717, 1.165) is 0 Å². The molecule has 1 aliphatic carbocycles. The average molecular weight is 226 g/mol. The molecule has 61 valence electrons. The first-order valence-electron chi connectivity index (χ1n) is 4.48. The van der Waals surface area contributed by atoms with Gasteiger partial charge in [-0.05, 0) is 0 Å². The standard InChI is InChI=1S/C12H9Ge/c1-2-4-11-9(3-1)7-10-8-13-6-5-12(10)11/h1-8,13H. The van der Waals surface area contributed by atoms with E-state index < -0.39 is 0 Å². The van der Waals surface area contributed by atoms with Crippen LogP contribution in [0, 0.1) is 6.42 Å². The van der Waals surface area contributed by atoms with Crippen LogP contribution >= 0.6 is 0 Å². The Bertz CT molecular complexity index is 450. The molecule has 1 heterocycles. The third-order valence-electron chi connectivity index (χ3n) is 2.52. The maximum atomic E-state index is 2.44. The van der Waals surface area contributed by atoms with Crippen LogP contribution in [0.2, 0.25) is 0 Å². The summed E-state index contributed by atoms with van der Waals surface area (Å²) < 4.78 is 0. The van der Waals surface area contributed by atoms with Gasteiger partial charge in [0.1, 0.15) is 0 Å². The van der Waals surface area contributed by atoms with Gasteiger partial charge in [0.05, 0.1) is 0 Å². The molecule has 0 atom stereocenters. The van der Waals surface area contributed by atoms with Gasteiger partial charge < -0.3 is 0 Å². The molecule has 3 rings (SSSR count). The van der Waals surface area contributed by atoms with E-state index in [1.165, 1.54) is 22.3 Å². The van der Waals surface area contributed by atoms with Crippen molar-refractivity contribution >= 4 is 25.4 Å². The van der Waals surface area contributed by atoms with Crippen molar-refractivity contribution < 1.29 is 0 Å². The molecule has 2 aliphatic rings. The number of hydrogen-bond acceptors (Lipinski definition) is 0. The number of allylic oxidation sites excluding steroid dienone is 3. The Kier molecular flexibility index (Phi) is 1.62. The van der Waals surface area contributed by atoms with Gasteiger partial charge in [0, 0.05) is 0 Å². The SMILES string of the molecule is [CH]1C2=C(C=[CH][GeH]=[CH]2)c2ccccc21. The summed E-state index contributed by atoms with van der Waals surface area (Å²) in [6, 6.07) is 8.63. The molecule has 1 aromatic rings. The van der Waals surface area contributed by atoms with E-state index in [4.69, 9.17) is 0 Å². The predicted molar refractivity (Wildman–Crippen MR) is 59.1 cm³/mol. The van der Waals surface area contributed by atoms with Crippen molar-refractivity contribution in [2.45, 2.75) is 0 Å². The molecule has 0 spiro atoms. The van der Waals surface area contributed by atoms with Gasteiger partial charge in [-0.25, -0.2) is 0 Å². The summed E-state index contributed by atoms with van der Waals surface area (Å²) in [5.74, 6) is 0. The van der Waals surface area contributed by atoms with Crippen LogP contribution in [-0.2, 0) is 0 Å². The van der Waals surface area contributed by atoms with Crippen molar-refractivity contribution in [3.05, 3.63) is 58.4 Å². The van der Waals surface area contributed by atoms with Crippen LogP contribution in [0.25, 0.3) is 5.57 Å². The molecule has 13 heavy (non-hydrogen) atoms. The first-order chi connectivity index (χ1) is 6.45. The first-order valence-corrected chi connectivity index (χ1v) is 7.28. The van der Waals surface area contributed by atoms with Crippen LogP contribution < -0.4 is 0 Å². The summed E-state index contributed by atoms with van der Waals surface area (Å²) in [4.78, 5) is 4.82. The molecule has 0 nitrogen and oxygen atoms in total. The van der Waals surface area contributed by atoms with Crippen molar-refractivity contribution in [3.8, 4) is 0 Å². The average Bonchev–Trinajstić information content (AvgIpc) is 2.56. The zero-order valence-corrected chi connectivity index (χ0v) is 9.62. The molecule has 0 saturated carbocycles. The van der Waals surface area contributed by atoms with E-state index in [-0.39, 0.29) is 15.0 Å². The van der Waals surface area contributed by atoms with Crippen molar-refractivity contribution in [3.63, 3.8) is 0 Å². The van der Waals surface area contributed by atoms with E-state index in [9.17, 15) is 0 Å². The summed E-state index contributed by atoms with van der Waals surface area (Å²) in [5.41, 5.74) is 5.68. The fourth-order valence-electron chi connectivity index (χ4n) is 1.90. The van der Waals surface area contributed by atoms with Gasteiger partial charge in [-0.1, -0.05) is 0 Å². The molecule has 0 aromatic heterocycles. The van der Waals surface area contributed by atoms with Crippen molar-refractivity contribution in [2.24, 2.45) is 0 Å². The minimum absolute atomic E-state index is 0.192.